The topological polar surface area (TPSA) is 32.3 Å². The summed E-state index contributed by atoms with van der Waals surface area (Å²) in [4.78, 5) is 14.6. The molecule has 0 fully saturated rings. The molecule has 0 saturated heterocycles. The number of fused-ring (bicyclic) bond motifs is 1. The zero-order valence-electron chi connectivity index (χ0n) is 16.2. The van der Waals surface area contributed by atoms with Gasteiger partial charge in [0, 0.05) is 24.9 Å². The van der Waals surface area contributed by atoms with Crippen LogP contribution in [-0.2, 0) is 23.2 Å². The number of amides is 1. The van der Waals surface area contributed by atoms with Gasteiger partial charge in [0.2, 0.25) is 5.91 Å². The molecule has 1 aliphatic heterocycles. The molecule has 3 nitrogen and oxygen atoms in total. The second-order valence-corrected chi connectivity index (χ2v) is 8.17. The Morgan fingerprint density at radius 1 is 1.12 bits per heavy atom. The molecule has 1 aliphatic rings. The van der Waals surface area contributed by atoms with Gasteiger partial charge >= 0.3 is 0 Å². The molecule has 0 radical (unpaired) electrons. The molecule has 3 rings (SSSR count). The van der Waals surface area contributed by atoms with E-state index in [1.54, 1.807) is 6.08 Å². The smallest absolute Gasteiger partial charge is 0.248 e. The lowest BCUT2D eigenvalue weighted by Crippen LogP contribution is -2.26. The lowest BCUT2D eigenvalue weighted by molar-refractivity contribution is -0.111. The first-order chi connectivity index (χ1) is 12.3. The Labute approximate surface area is 156 Å². The van der Waals surface area contributed by atoms with Gasteiger partial charge in [0.05, 0.1) is 0 Å². The molecule has 0 aliphatic carbocycles. The fraction of sp³-hybridized carbons (Fsp3) is 0.348. The molecule has 136 valence electrons. The van der Waals surface area contributed by atoms with Crippen LogP contribution in [0.25, 0.3) is 6.08 Å². The quantitative estimate of drug-likeness (QED) is 0.821. The second kappa shape index (κ2) is 7.46. The van der Waals surface area contributed by atoms with Crippen molar-refractivity contribution in [1.82, 2.24) is 4.90 Å². The van der Waals surface area contributed by atoms with Crippen LogP contribution in [0.2, 0.25) is 0 Å². The number of anilines is 1. The third kappa shape index (κ3) is 4.61. The zero-order chi connectivity index (χ0) is 18.7. The predicted molar refractivity (Wildman–Crippen MR) is 109 cm³/mol. The van der Waals surface area contributed by atoms with Crippen molar-refractivity contribution in [3.63, 3.8) is 0 Å². The molecule has 1 amide bonds. The zero-order valence-corrected chi connectivity index (χ0v) is 16.2. The number of likely N-dealkylation sites (N-methyl/N-ethyl adjacent to an activating group) is 1. The number of carbonyl (C=O) groups excluding carboxylic acids is 1. The minimum absolute atomic E-state index is 0.0624. The first kappa shape index (κ1) is 18.4. The van der Waals surface area contributed by atoms with E-state index in [1.165, 1.54) is 16.7 Å². The second-order valence-electron chi connectivity index (χ2n) is 8.17. The van der Waals surface area contributed by atoms with E-state index in [4.69, 9.17) is 0 Å². The van der Waals surface area contributed by atoms with Gasteiger partial charge in [-0.05, 0) is 59.3 Å². The molecule has 0 aromatic heterocycles. The van der Waals surface area contributed by atoms with Crippen LogP contribution < -0.4 is 5.32 Å². The highest BCUT2D eigenvalue weighted by molar-refractivity contribution is 6.02. The standard InChI is InChI=1S/C23H28N2O/c1-23(2,3)20-6-5-7-21(15-20)24-22(26)11-9-17-8-10-18-12-13-25(4)16-19(18)14-17/h5-11,14-15H,12-13,16H2,1-4H3,(H,24,26). The van der Waals surface area contributed by atoms with Crippen LogP contribution in [0.5, 0.6) is 0 Å². The van der Waals surface area contributed by atoms with Crippen molar-refractivity contribution < 1.29 is 4.79 Å². The normalized spacial score (nSPS) is 15.1. The number of hydrogen-bond acceptors (Lipinski definition) is 2. The maximum Gasteiger partial charge on any atom is 0.248 e. The van der Waals surface area contributed by atoms with Gasteiger partial charge in [0.25, 0.3) is 0 Å². The Morgan fingerprint density at radius 3 is 2.69 bits per heavy atom. The van der Waals surface area contributed by atoms with Crippen LogP contribution in [-0.4, -0.2) is 24.4 Å². The number of benzene rings is 2. The highest BCUT2D eigenvalue weighted by Crippen LogP contribution is 2.24. The minimum atomic E-state index is -0.106. The van der Waals surface area contributed by atoms with Crippen LogP contribution in [0.3, 0.4) is 0 Å². The van der Waals surface area contributed by atoms with E-state index in [1.807, 2.05) is 24.3 Å². The van der Waals surface area contributed by atoms with Crippen LogP contribution in [0.4, 0.5) is 5.69 Å². The van der Waals surface area contributed by atoms with E-state index in [2.05, 4.69) is 62.3 Å². The molecule has 0 atom stereocenters. The Kier molecular flexibility index (Phi) is 5.28. The minimum Gasteiger partial charge on any atom is -0.323 e. The summed E-state index contributed by atoms with van der Waals surface area (Å²) in [6.07, 6.45) is 4.59. The number of nitrogens with zero attached hydrogens (tertiary/aromatic N) is 1. The van der Waals surface area contributed by atoms with E-state index in [-0.39, 0.29) is 11.3 Å². The fourth-order valence-electron chi connectivity index (χ4n) is 3.24. The number of hydrogen-bond donors (Lipinski definition) is 1. The monoisotopic (exact) mass is 348 g/mol. The van der Waals surface area contributed by atoms with Crippen LogP contribution >= 0.6 is 0 Å². The molecular weight excluding hydrogens is 320 g/mol. The first-order valence-electron chi connectivity index (χ1n) is 9.21. The Balaban J connectivity index is 1.68. The first-order valence-corrected chi connectivity index (χ1v) is 9.21. The third-order valence-electron chi connectivity index (χ3n) is 4.86. The highest BCUT2D eigenvalue weighted by atomic mass is 16.1. The summed E-state index contributed by atoms with van der Waals surface area (Å²) in [5, 5.41) is 2.96. The van der Waals surface area contributed by atoms with Crippen molar-refractivity contribution in [2.75, 3.05) is 18.9 Å². The van der Waals surface area contributed by atoms with Gasteiger partial charge in [-0.3, -0.25) is 4.79 Å². The highest BCUT2D eigenvalue weighted by Gasteiger charge is 2.14. The largest absolute Gasteiger partial charge is 0.323 e. The molecule has 2 aromatic carbocycles. The van der Waals surface area contributed by atoms with Gasteiger partial charge in [-0.2, -0.15) is 0 Å². The number of rotatable bonds is 3. The summed E-state index contributed by atoms with van der Waals surface area (Å²) in [6, 6.07) is 14.5. The molecule has 1 N–H and O–H groups in total. The Morgan fingerprint density at radius 2 is 1.92 bits per heavy atom. The molecule has 26 heavy (non-hydrogen) atoms. The van der Waals surface area contributed by atoms with E-state index in [9.17, 15) is 4.79 Å². The molecule has 3 heteroatoms. The average Bonchev–Trinajstić information content (AvgIpc) is 2.59. The molecule has 1 heterocycles. The summed E-state index contributed by atoms with van der Waals surface area (Å²) in [5.74, 6) is -0.106. The molecule has 0 unspecified atom stereocenters. The number of nitrogens with one attached hydrogen (secondary N) is 1. The van der Waals surface area contributed by atoms with Crippen LogP contribution in [0.1, 0.15) is 43.0 Å². The van der Waals surface area contributed by atoms with Gasteiger partial charge < -0.3 is 10.2 Å². The summed E-state index contributed by atoms with van der Waals surface area (Å²) in [5.41, 5.74) is 5.95. The van der Waals surface area contributed by atoms with Gasteiger partial charge in [-0.25, -0.2) is 0 Å². The van der Waals surface area contributed by atoms with Gasteiger partial charge in [0.1, 0.15) is 0 Å². The van der Waals surface area contributed by atoms with Gasteiger partial charge in [-0.15, -0.1) is 0 Å². The Hall–Kier alpha value is -2.39. The van der Waals surface area contributed by atoms with Crippen molar-refractivity contribution in [1.29, 1.82) is 0 Å². The van der Waals surface area contributed by atoms with Crippen molar-refractivity contribution >= 4 is 17.7 Å². The van der Waals surface area contributed by atoms with Gasteiger partial charge in [-0.1, -0.05) is 51.1 Å². The maximum atomic E-state index is 12.3. The van der Waals surface area contributed by atoms with Crippen molar-refractivity contribution in [2.24, 2.45) is 0 Å². The maximum absolute atomic E-state index is 12.3. The number of carbonyl (C=O) groups is 1. The average molecular weight is 348 g/mol. The van der Waals surface area contributed by atoms with Gasteiger partial charge in [0.15, 0.2) is 0 Å². The van der Waals surface area contributed by atoms with Crippen molar-refractivity contribution in [3.8, 4) is 0 Å². The van der Waals surface area contributed by atoms with Crippen molar-refractivity contribution in [3.05, 3.63) is 70.8 Å². The molecule has 0 saturated carbocycles. The van der Waals surface area contributed by atoms with E-state index in [0.717, 1.165) is 30.8 Å². The lowest BCUT2D eigenvalue weighted by Gasteiger charge is -2.25. The SMILES string of the molecule is CN1CCc2ccc(C=CC(=O)Nc3cccc(C(C)(C)C)c3)cc2C1. The van der Waals surface area contributed by atoms with Crippen molar-refractivity contribution in [2.45, 2.75) is 39.2 Å². The van der Waals surface area contributed by atoms with Crippen LogP contribution in [0, 0.1) is 0 Å². The summed E-state index contributed by atoms with van der Waals surface area (Å²) in [7, 11) is 2.14. The van der Waals surface area contributed by atoms with E-state index >= 15 is 0 Å². The summed E-state index contributed by atoms with van der Waals surface area (Å²) in [6.45, 7) is 8.59. The molecule has 0 bridgehead atoms. The van der Waals surface area contributed by atoms with Crippen LogP contribution in [0.15, 0.2) is 48.5 Å². The summed E-state index contributed by atoms with van der Waals surface area (Å²) >= 11 is 0. The van der Waals surface area contributed by atoms with E-state index < -0.39 is 0 Å². The fourth-order valence-corrected chi connectivity index (χ4v) is 3.24. The molecule has 0 spiro atoms. The predicted octanol–water partition coefficient (Wildman–Crippen LogP) is 4.62. The molecule has 2 aromatic rings. The summed E-state index contributed by atoms with van der Waals surface area (Å²) < 4.78 is 0. The Bertz CT molecular complexity index is 830. The third-order valence-corrected chi connectivity index (χ3v) is 4.86. The lowest BCUT2D eigenvalue weighted by atomic mass is 9.87. The molecular formula is C23H28N2O. The van der Waals surface area contributed by atoms with E-state index in [0.29, 0.717) is 0 Å².